The van der Waals surface area contributed by atoms with Gasteiger partial charge in [-0.1, -0.05) is 30.3 Å². The lowest BCUT2D eigenvalue weighted by atomic mass is 10.2. The zero-order valence-corrected chi connectivity index (χ0v) is 12.7. The van der Waals surface area contributed by atoms with E-state index in [4.69, 9.17) is 9.05 Å². The smallest absolute Gasteiger partial charge is 0.305 e. The Balaban J connectivity index is 2.32. The van der Waals surface area contributed by atoms with Crippen molar-refractivity contribution in [1.29, 1.82) is 0 Å². The summed E-state index contributed by atoms with van der Waals surface area (Å²) in [6.45, 7) is 4.38. The molecule has 19 heavy (non-hydrogen) atoms. The maximum absolute atomic E-state index is 12.6. The third-order valence-electron chi connectivity index (χ3n) is 2.52. The van der Waals surface area contributed by atoms with Crippen LogP contribution in [0.4, 0.5) is 0 Å². The van der Waals surface area contributed by atoms with Crippen LogP contribution >= 0.6 is 18.9 Å². The summed E-state index contributed by atoms with van der Waals surface area (Å²) in [4.78, 5) is 1.07. The van der Waals surface area contributed by atoms with E-state index < -0.39 is 7.60 Å². The summed E-state index contributed by atoms with van der Waals surface area (Å²) in [7, 11) is -3.15. The van der Waals surface area contributed by atoms with Crippen molar-refractivity contribution in [3.63, 3.8) is 0 Å². The Morgan fingerprint density at radius 1 is 1.00 bits per heavy atom. The molecule has 3 nitrogen and oxygen atoms in total. The molecular formula is C14H17O3PS. The van der Waals surface area contributed by atoms with E-state index in [9.17, 15) is 4.57 Å². The first-order valence-corrected chi connectivity index (χ1v) is 8.60. The molecule has 0 atom stereocenters. The van der Waals surface area contributed by atoms with Crippen molar-refractivity contribution in [2.45, 2.75) is 13.8 Å². The second-order valence-corrected chi connectivity index (χ2v) is 7.22. The first-order valence-electron chi connectivity index (χ1n) is 6.24. The molecule has 0 unspecified atom stereocenters. The van der Waals surface area contributed by atoms with Crippen LogP contribution in [0, 0.1) is 0 Å². The molecule has 2 rings (SSSR count). The molecule has 0 amide bonds. The molecule has 102 valence electrons. The zero-order chi connectivity index (χ0) is 13.7. The molecule has 0 aliphatic heterocycles. The van der Waals surface area contributed by atoms with Gasteiger partial charge >= 0.3 is 7.60 Å². The molecule has 0 fully saturated rings. The van der Waals surface area contributed by atoms with Gasteiger partial charge < -0.3 is 9.05 Å². The Morgan fingerprint density at radius 3 is 2.21 bits per heavy atom. The standard InChI is InChI=1S/C14H17O3PS/c1-3-16-18(15,17-4-2)14-11-10-13(19-14)12-8-6-5-7-9-12/h5-11H,3-4H2,1-2H3. The van der Waals surface area contributed by atoms with Gasteiger partial charge in [0.25, 0.3) is 0 Å². The number of hydrogen-bond donors (Lipinski definition) is 0. The highest BCUT2D eigenvalue weighted by Gasteiger charge is 2.28. The molecule has 0 aliphatic rings. The SMILES string of the molecule is CCOP(=O)(OCC)c1ccc(-c2ccccc2)s1. The lowest BCUT2D eigenvalue weighted by Gasteiger charge is -2.14. The van der Waals surface area contributed by atoms with Gasteiger partial charge in [-0.3, -0.25) is 4.57 Å². The van der Waals surface area contributed by atoms with Crippen LogP contribution in [0.25, 0.3) is 10.4 Å². The summed E-state index contributed by atoms with van der Waals surface area (Å²) in [6, 6.07) is 13.8. The van der Waals surface area contributed by atoms with Crippen LogP contribution in [0.5, 0.6) is 0 Å². The summed E-state index contributed by atoms with van der Waals surface area (Å²) in [5.41, 5.74) is 1.11. The highest BCUT2D eigenvalue weighted by atomic mass is 32.1. The molecule has 0 aliphatic carbocycles. The van der Waals surface area contributed by atoms with E-state index >= 15 is 0 Å². The fraction of sp³-hybridized carbons (Fsp3) is 0.286. The van der Waals surface area contributed by atoms with E-state index in [1.54, 1.807) is 0 Å². The molecule has 1 aromatic heterocycles. The molecule has 0 saturated heterocycles. The second-order valence-electron chi connectivity index (χ2n) is 3.84. The first kappa shape index (κ1) is 14.5. The lowest BCUT2D eigenvalue weighted by Crippen LogP contribution is -2.06. The average molecular weight is 296 g/mol. The molecule has 0 bridgehead atoms. The van der Waals surface area contributed by atoms with Gasteiger partial charge in [-0.05, 0) is 31.5 Å². The predicted molar refractivity (Wildman–Crippen MR) is 80.2 cm³/mol. The van der Waals surface area contributed by atoms with Gasteiger partial charge in [-0.25, -0.2) is 0 Å². The summed E-state index contributed by atoms with van der Waals surface area (Å²) in [6.07, 6.45) is 0. The van der Waals surface area contributed by atoms with Crippen LogP contribution in [0.2, 0.25) is 0 Å². The van der Waals surface area contributed by atoms with Crippen molar-refractivity contribution in [3.8, 4) is 10.4 Å². The van der Waals surface area contributed by atoms with E-state index in [1.165, 1.54) is 11.3 Å². The quantitative estimate of drug-likeness (QED) is 0.745. The summed E-state index contributed by atoms with van der Waals surface area (Å²) >= 11 is 1.46. The van der Waals surface area contributed by atoms with Crippen LogP contribution in [0.1, 0.15) is 13.8 Å². The minimum absolute atomic E-state index is 0.371. The number of benzene rings is 1. The Bertz CT molecular complexity index is 555. The molecule has 1 heterocycles. The van der Waals surface area contributed by atoms with E-state index in [2.05, 4.69) is 0 Å². The van der Waals surface area contributed by atoms with E-state index in [0.717, 1.165) is 10.4 Å². The Morgan fingerprint density at radius 2 is 1.63 bits per heavy atom. The average Bonchev–Trinajstić information content (AvgIpc) is 2.90. The van der Waals surface area contributed by atoms with Crippen molar-refractivity contribution in [1.82, 2.24) is 0 Å². The van der Waals surface area contributed by atoms with Crippen molar-refractivity contribution >= 4 is 23.6 Å². The fourth-order valence-electron chi connectivity index (χ4n) is 1.74. The minimum atomic E-state index is -3.15. The van der Waals surface area contributed by atoms with E-state index in [-0.39, 0.29) is 0 Å². The van der Waals surface area contributed by atoms with Gasteiger partial charge in [-0.2, -0.15) is 0 Å². The monoisotopic (exact) mass is 296 g/mol. The largest absolute Gasteiger partial charge is 0.371 e. The lowest BCUT2D eigenvalue weighted by molar-refractivity contribution is 0.230. The summed E-state index contributed by atoms with van der Waals surface area (Å²) in [5, 5.41) is 0. The van der Waals surface area contributed by atoms with Gasteiger partial charge in [0.2, 0.25) is 0 Å². The van der Waals surface area contributed by atoms with E-state index in [0.29, 0.717) is 17.8 Å². The van der Waals surface area contributed by atoms with Crippen LogP contribution in [0.15, 0.2) is 42.5 Å². The second kappa shape index (κ2) is 6.49. The summed E-state index contributed by atoms with van der Waals surface area (Å²) in [5.74, 6) is 0. The van der Waals surface area contributed by atoms with Gasteiger partial charge in [0.05, 0.1) is 13.2 Å². The molecule has 0 N–H and O–H groups in total. The van der Waals surface area contributed by atoms with Gasteiger partial charge in [0, 0.05) is 4.88 Å². The van der Waals surface area contributed by atoms with Crippen LogP contribution in [0.3, 0.4) is 0 Å². The van der Waals surface area contributed by atoms with Crippen LogP contribution in [-0.4, -0.2) is 13.2 Å². The highest BCUT2D eigenvalue weighted by Crippen LogP contribution is 2.49. The normalized spacial score (nSPS) is 11.7. The van der Waals surface area contributed by atoms with Crippen molar-refractivity contribution < 1.29 is 13.6 Å². The van der Waals surface area contributed by atoms with Crippen LogP contribution in [-0.2, 0) is 13.6 Å². The van der Waals surface area contributed by atoms with Crippen LogP contribution < -0.4 is 4.62 Å². The first-order chi connectivity index (χ1) is 9.19. The van der Waals surface area contributed by atoms with Crippen molar-refractivity contribution in [3.05, 3.63) is 42.5 Å². The number of thiophene rings is 1. The van der Waals surface area contributed by atoms with Crippen molar-refractivity contribution in [2.75, 3.05) is 13.2 Å². The fourth-order valence-corrected chi connectivity index (χ4v) is 4.81. The maximum atomic E-state index is 12.6. The maximum Gasteiger partial charge on any atom is 0.371 e. The Kier molecular flexibility index (Phi) is 4.94. The summed E-state index contributed by atoms with van der Waals surface area (Å²) < 4.78 is 24.0. The minimum Gasteiger partial charge on any atom is -0.305 e. The topological polar surface area (TPSA) is 35.5 Å². The molecule has 2 aromatic rings. The third kappa shape index (κ3) is 3.34. The van der Waals surface area contributed by atoms with E-state index in [1.807, 2.05) is 56.3 Å². The van der Waals surface area contributed by atoms with Gasteiger partial charge in [0.1, 0.15) is 4.62 Å². The molecule has 5 heteroatoms. The van der Waals surface area contributed by atoms with Gasteiger partial charge in [-0.15, -0.1) is 11.3 Å². The number of rotatable bonds is 6. The number of hydrogen-bond acceptors (Lipinski definition) is 4. The molecule has 1 aromatic carbocycles. The Labute approximate surface area is 117 Å². The van der Waals surface area contributed by atoms with Crippen molar-refractivity contribution in [2.24, 2.45) is 0 Å². The molecular weight excluding hydrogens is 279 g/mol. The predicted octanol–water partition coefficient (Wildman–Crippen LogP) is 4.31. The zero-order valence-electron chi connectivity index (χ0n) is 11.0. The molecule has 0 radical (unpaired) electrons. The Hall–Kier alpha value is -0.930. The third-order valence-corrected chi connectivity index (χ3v) is 6.28. The highest BCUT2D eigenvalue weighted by molar-refractivity contribution is 7.69. The van der Waals surface area contributed by atoms with Gasteiger partial charge in [0.15, 0.2) is 0 Å². The molecule has 0 saturated carbocycles. The molecule has 0 spiro atoms.